The van der Waals surface area contributed by atoms with Crippen molar-refractivity contribution in [3.63, 3.8) is 0 Å². The van der Waals surface area contributed by atoms with E-state index < -0.39 is 0 Å². The fourth-order valence-corrected chi connectivity index (χ4v) is 2.62. The molecule has 1 atom stereocenters. The van der Waals surface area contributed by atoms with Crippen LogP contribution in [0.25, 0.3) is 10.9 Å². The first-order valence-electron chi connectivity index (χ1n) is 5.64. The molecule has 88 valence electrons. The van der Waals surface area contributed by atoms with Crippen molar-refractivity contribution in [3.05, 3.63) is 34.4 Å². The Kier molecular flexibility index (Phi) is 2.76. The lowest BCUT2D eigenvalue weighted by molar-refractivity contribution is 0.0902. The topological polar surface area (TPSA) is 42.1 Å². The highest BCUT2D eigenvalue weighted by Crippen LogP contribution is 2.26. The molecule has 2 aromatic rings. The number of hydrogen-bond donors (Lipinski definition) is 1. The summed E-state index contributed by atoms with van der Waals surface area (Å²) >= 11 is 3.42. The number of ketones is 1. The molecule has 0 saturated carbocycles. The van der Waals surface area contributed by atoms with Crippen molar-refractivity contribution in [1.82, 2.24) is 4.98 Å². The molecule has 0 amide bonds. The lowest BCUT2D eigenvalue weighted by Gasteiger charge is -2.04. The van der Waals surface area contributed by atoms with E-state index in [1.165, 1.54) is 0 Å². The third-order valence-corrected chi connectivity index (χ3v) is 3.70. The molecule has 1 fully saturated rings. The number of H-pyrrole nitrogens is 1. The van der Waals surface area contributed by atoms with Crippen molar-refractivity contribution in [2.75, 3.05) is 13.2 Å². The van der Waals surface area contributed by atoms with E-state index in [9.17, 15) is 4.79 Å². The Labute approximate surface area is 107 Å². The number of aromatic amines is 1. The van der Waals surface area contributed by atoms with Crippen LogP contribution < -0.4 is 0 Å². The van der Waals surface area contributed by atoms with E-state index in [4.69, 9.17) is 4.74 Å². The Balaban J connectivity index is 2.02. The van der Waals surface area contributed by atoms with Gasteiger partial charge in [-0.15, -0.1) is 0 Å². The normalized spacial score (nSPS) is 19.9. The van der Waals surface area contributed by atoms with E-state index in [1.807, 2.05) is 18.2 Å². The third kappa shape index (κ3) is 1.91. The number of hydrogen-bond acceptors (Lipinski definition) is 2. The molecule has 1 saturated heterocycles. The first-order valence-corrected chi connectivity index (χ1v) is 6.43. The van der Waals surface area contributed by atoms with Crippen LogP contribution in [0.3, 0.4) is 0 Å². The first-order chi connectivity index (χ1) is 8.25. The number of fused-ring (bicyclic) bond motifs is 1. The predicted octanol–water partition coefficient (Wildman–Crippen LogP) is 3.15. The summed E-state index contributed by atoms with van der Waals surface area (Å²) < 4.78 is 6.28. The van der Waals surface area contributed by atoms with E-state index in [0.717, 1.165) is 27.4 Å². The van der Waals surface area contributed by atoms with Crippen LogP contribution in [0, 0.1) is 5.92 Å². The quantitative estimate of drug-likeness (QED) is 0.865. The summed E-state index contributed by atoms with van der Waals surface area (Å²) in [6.07, 6.45) is 2.64. The molecule has 0 bridgehead atoms. The Morgan fingerprint density at radius 2 is 2.35 bits per heavy atom. The molecular formula is C13H12BrNO2. The first kappa shape index (κ1) is 11.0. The van der Waals surface area contributed by atoms with Gasteiger partial charge in [-0.05, 0) is 18.6 Å². The van der Waals surface area contributed by atoms with E-state index in [0.29, 0.717) is 13.2 Å². The molecule has 1 aliphatic heterocycles. The summed E-state index contributed by atoms with van der Waals surface area (Å²) in [6, 6.07) is 5.91. The van der Waals surface area contributed by atoms with Gasteiger partial charge in [-0.3, -0.25) is 4.79 Å². The lowest BCUT2D eigenvalue weighted by Crippen LogP contribution is -2.14. The van der Waals surface area contributed by atoms with Crippen molar-refractivity contribution < 1.29 is 9.53 Å². The van der Waals surface area contributed by atoms with Crippen molar-refractivity contribution in [2.24, 2.45) is 5.92 Å². The number of halogens is 1. The van der Waals surface area contributed by atoms with Gasteiger partial charge in [-0.1, -0.05) is 22.0 Å². The minimum Gasteiger partial charge on any atom is -0.381 e. The van der Waals surface area contributed by atoms with Gasteiger partial charge in [0.2, 0.25) is 0 Å². The zero-order valence-corrected chi connectivity index (χ0v) is 10.8. The summed E-state index contributed by atoms with van der Waals surface area (Å²) in [7, 11) is 0. The van der Waals surface area contributed by atoms with Crippen molar-refractivity contribution >= 4 is 32.6 Å². The molecule has 1 unspecified atom stereocenters. The number of Topliss-reactive ketones (excluding diaryl/α,β-unsaturated/α-hetero) is 1. The van der Waals surface area contributed by atoms with Gasteiger partial charge in [-0.25, -0.2) is 0 Å². The second-order valence-corrected chi connectivity index (χ2v) is 5.23. The second-order valence-electron chi connectivity index (χ2n) is 4.32. The zero-order chi connectivity index (χ0) is 11.8. The van der Waals surface area contributed by atoms with Gasteiger partial charge in [-0.2, -0.15) is 0 Å². The second kappa shape index (κ2) is 4.27. The van der Waals surface area contributed by atoms with Crippen molar-refractivity contribution in [3.8, 4) is 0 Å². The molecule has 0 spiro atoms. The number of aromatic nitrogens is 1. The van der Waals surface area contributed by atoms with Crippen LogP contribution >= 0.6 is 15.9 Å². The molecule has 1 aliphatic rings. The van der Waals surface area contributed by atoms with Crippen LogP contribution in [0.15, 0.2) is 28.9 Å². The molecule has 1 aromatic heterocycles. The molecule has 17 heavy (non-hydrogen) atoms. The van der Waals surface area contributed by atoms with Crippen LogP contribution in [0.4, 0.5) is 0 Å². The third-order valence-electron chi connectivity index (χ3n) is 3.21. The van der Waals surface area contributed by atoms with E-state index in [-0.39, 0.29) is 11.7 Å². The van der Waals surface area contributed by atoms with Gasteiger partial charge in [0.15, 0.2) is 5.78 Å². The van der Waals surface area contributed by atoms with Gasteiger partial charge in [0.25, 0.3) is 0 Å². The fraction of sp³-hybridized carbons (Fsp3) is 0.308. The summed E-state index contributed by atoms with van der Waals surface area (Å²) in [4.78, 5) is 15.4. The number of carbonyl (C=O) groups excluding carboxylic acids is 1. The van der Waals surface area contributed by atoms with Gasteiger partial charge >= 0.3 is 0 Å². The molecule has 4 heteroatoms. The SMILES string of the molecule is O=C(c1c[nH]c2cc(Br)ccc12)C1CCOC1. The van der Waals surface area contributed by atoms with E-state index in [2.05, 4.69) is 20.9 Å². The maximum absolute atomic E-state index is 12.3. The van der Waals surface area contributed by atoms with Gasteiger partial charge in [0.1, 0.15) is 0 Å². The molecule has 1 N–H and O–H groups in total. The van der Waals surface area contributed by atoms with E-state index in [1.54, 1.807) is 6.20 Å². The van der Waals surface area contributed by atoms with Crippen LogP contribution in [-0.4, -0.2) is 24.0 Å². The largest absolute Gasteiger partial charge is 0.381 e. The van der Waals surface area contributed by atoms with Crippen molar-refractivity contribution in [2.45, 2.75) is 6.42 Å². The molecule has 3 nitrogen and oxygen atoms in total. The molecule has 3 rings (SSSR count). The van der Waals surface area contributed by atoms with Gasteiger partial charge < -0.3 is 9.72 Å². The Hall–Kier alpha value is -1.13. The highest BCUT2D eigenvalue weighted by molar-refractivity contribution is 9.10. The Bertz CT molecular complexity index is 570. The fourth-order valence-electron chi connectivity index (χ4n) is 2.26. The highest BCUT2D eigenvalue weighted by Gasteiger charge is 2.26. The predicted molar refractivity (Wildman–Crippen MR) is 69.3 cm³/mol. The molecule has 1 aromatic carbocycles. The maximum Gasteiger partial charge on any atom is 0.170 e. The van der Waals surface area contributed by atoms with Crippen molar-refractivity contribution in [1.29, 1.82) is 0 Å². The molecule has 2 heterocycles. The number of carbonyl (C=O) groups is 1. The minimum atomic E-state index is 0.0256. The van der Waals surface area contributed by atoms with Gasteiger partial charge in [0.05, 0.1) is 6.61 Å². The van der Waals surface area contributed by atoms with Crippen LogP contribution in [0.2, 0.25) is 0 Å². The molecule has 0 aliphatic carbocycles. The number of rotatable bonds is 2. The maximum atomic E-state index is 12.3. The standard InChI is InChI=1S/C13H12BrNO2/c14-9-1-2-10-11(6-15-12(10)5-9)13(16)8-3-4-17-7-8/h1-2,5-6,8,15H,3-4,7H2. The zero-order valence-electron chi connectivity index (χ0n) is 9.20. The smallest absolute Gasteiger partial charge is 0.170 e. The number of benzene rings is 1. The number of nitrogens with one attached hydrogen (secondary N) is 1. The average molecular weight is 294 g/mol. The Morgan fingerprint density at radius 1 is 1.47 bits per heavy atom. The summed E-state index contributed by atoms with van der Waals surface area (Å²) in [5, 5.41) is 0.991. The Morgan fingerprint density at radius 3 is 3.12 bits per heavy atom. The summed E-state index contributed by atoms with van der Waals surface area (Å²) in [5.74, 6) is 0.216. The monoisotopic (exact) mass is 293 g/mol. The lowest BCUT2D eigenvalue weighted by atomic mass is 9.97. The summed E-state index contributed by atoms with van der Waals surface area (Å²) in [5.41, 5.74) is 1.77. The molecular weight excluding hydrogens is 282 g/mol. The minimum absolute atomic E-state index is 0.0256. The van der Waals surface area contributed by atoms with Gasteiger partial charge in [0, 0.05) is 39.7 Å². The number of ether oxygens (including phenoxy) is 1. The highest BCUT2D eigenvalue weighted by atomic mass is 79.9. The van der Waals surface area contributed by atoms with Crippen LogP contribution in [0.5, 0.6) is 0 Å². The average Bonchev–Trinajstić information content (AvgIpc) is 2.96. The van der Waals surface area contributed by atoms with E-state index >= 15 is 0 Å². The molecule has 0 radical (unpaired) electrons. The van der Waals surface area contributed by atoms with Crippen LogP contribution in [-0.2, 0) is 4.74 Å². The summed E-state index contributed by atoms with van der Waals surface area (Å²) in [6.45, 7) is 1.26. The van der Waals surface area contributed by atoms with Crippen LogP contribution in [0.1, 0.15) is 16.8 Å².